The third-order valence-electron chi connectivity index (χ3n) is 3.24. The van der Waals surface area contributed by atoms with Crippen LogP contribution in [0.25, 0.3) is 6.08 Å². The van der Waals surface area contributed by atoms with E-state index in [4.69, 9.17) is 16.3 Å². The number of amides is 1. The van der Waals surface area contributed by atoms with E-state index in [2.05, 4.69) is 5.32 Å². The molecule has 1 atom stereocenters. The number of benzene rings is 2. The fraction of sp³-hybridized carbons (Fsp3) is 0.158. The van der Waals surface area contributed by atoms with Gasteiger partial charge in [0.2, 0.25) is 0 Å². The topological polar surface area (TPSA) is 55.4 Å². The molecule has 5 heteroatoms. The number of rotatable bonds is 5. The van der Waals surface area contributed by atoms with Crippen molar-refractivity contribution in [1.82, 2.24) is 0 Å². The van der Waals surface area contributed by atoms with E-state index in [0.717, 1.165) is 11.1 Å². The molecule has 1 N–H and O–H groups in total. The van der Waals surface area contributed by atoms with Gasteiger partial charge in [0.05, 0.1) is 0 Å². The summed E-state index contributed by atoms with van der Waals surface area (Å²) < 4.78 is 5.09. The van der Waals surface area contributed by atoms with Crippen LogP contribution in [-0.2, 0) is 14.3 Å². The third-order valence-corrected chi connectivity index (χ3v) is 3.48. The van der Waals surface area contributed by atoms with Gasteiger partial charge in [-0.2, -0.15) is 0 Å². The lowest BCUT2D eigenvalue weighted by Crippen LogP contribution is -2.29. The molecule has 2 aromatic rings. The first-order valence-corrected chi connectivity index (χ1v) is 7.83. The molecule has 0 heterocycles. The molecule has 0 saturated heterocycles. The van der Waals surface area contributed by atoms with E-state index in [1.165, 1.54) is 13.0 Å². The highest BCUT2D eigenvalue weighted by atomic mass is 35.5. The molecule has 0 bridgehead atoms. The van der Waals surface area contributed by atoms with Gasteiger partial charge in [-0.3, -0.25) is 4.79 Å². The van der Waals surface area contributed by atoms with E-state index < -0.39 is 18.0 Å². The number of halogens is 1. The van der Waals surface area contributed by atoms with Crippen LogP contribution in [0.4, 0.5) is 5.69 Å². The Morgan fingerprint density at radius 2 is 1.88 bits per heavy atom. The molecule has 0 spiro atoms. The Morgan fingerprint density at radius 1 is 1.17 bits per heavy atom. The minimum absolute atomic E-state index is 0.422. The molecule has 0 fully saturated rings. The lowest BCUT2D eigenvalue weighted by atomic mass is 10.1. The second-order valence-corrected chi connectivity index (χ2v) is 5.76. The average Bonchev–Trinajstić information content (AvgIpc) is 2.54. The van der Waals surface area contributed by atoms with E-state index in [1.54, 1.807) is 30.3 Å². The largest absolute Gasteiger partial charge is 0.449 e. The predicted molar refractivity (Wildman–Crippen MR) is 95.8 cm³/mol. The predicted octanol–water partition coefficient (Wildman–Crippen LogP) is 4.23. The standard InChI is InChI=1S/C19H18ClNO3/c1-13-6-8-15(9-7-13)10-11-18(22)24-14(2)19(23)21-17-5-3-4-16(20)12-17/h3-12,14H,1-2H3,(H,21,23)/b11-10+/t14-/m0/s1. The number of esters is 1. The van der Waals surface area contributed by atoms with Gasteiger partial charge in [-0.25, -0.2) is 4.79 Å². The van der Waals surface area contributed by atoms with Crippen LogP contribution in [0.2, 0.25) is 5.02 Å². The number of hydrogen-bond acceptors (Lipinski definition) is 3. The van der Waals surface area contributed by atoms with Gasteiger partial charge in [0.25, 0.3) is 5.91 Å². The Hall–Kier alpha value is -2.59. The molecule has 4 nitrogen and oxygen atoms in total. The molecule has 0 aliphatic carbocycles. The van der Waals surface area contributed by atoms with Crippen molar-refractivity contribution in [1.29, 1.82) is 0 Å². The van der Waals surface area contributed by atoms with Crippen LogP contribution in [0.3, 0.4) is 0 Å². The summed E-state index contributed by atoms with van der Waals surface area (Å²) in [4.78, 5) is 23.8. The number of hydrogen-bond donors (Lipinski definition) is 1. The van der Waals surface area contributed by atoms with Crippen LogP contribution in [0.5, 0.6) is 0 Å². The van der Waals surface area contributed by atoms with Crippen molar-refractivity contribution in [2.45, 2.75) is 20.0 Å². The number of carbonyl (C=O) groups excluding carboxylic acids is 2. The maximum atomic E-state index is 12.0. The van der Waals surface area contributed by atoms with E-state index in [-0.39, 0.29) is 0 Å². The van der Waals surface area contributed by atoms with Crippen LogP contribution < -0.4 is 5.32 Å². The van der Waals surface area contributed by atoms with Crippen molar-refractivity contribution in [2.75, 3.05) is 5.32 Å². The summed E-state index contributed by atoms with van der Waals surface area (Å²) in [6.45, 7) is 3.50. The average molecular weight is 344 g/mol. The minimum atomic E-state index is -0.917. The second kappa shape index (κ2) is 8.31. The van der Waals surface area contributed by atoms with Gasteiger partial charge in [0.1, 0.15) is 0 Å². The Kier molecular flexibility index (Phi) is 6.15. The molecule has 2 rings (SSSR count). The van der Waals surface area contributed by atoms with Gasteiger partial charge in [-0.15, -0.1) is 0 Å². The zero-order valence-electron chi connectivity index (χ0n) is 13.5. The first-order chi connectivity index (χ1) is 11.4. The Morgan fingerprint density at radius 3 is 2.54 bits per heavy atom. The second-order valence-electron chi connectivity index (χ2n) is 5.32. The van der Waals surface area contributed by atoms with Gasteiger partial charge in [0, 0.05) is 16.8 Å². The van der Waals surface area contributed by atoms with Gasteiger partial charge in [-0.05, 0) is 43.7 Å². The van der Waals surface area contributed by atoms with Gasteiger partial charge in [-0.1, -0.05) is 47.5 Å². The number of ether oxygens (including phenoxy) is 1. The van der Waals surface area contributed by atoms with Crippen LogP contribution in [0, 0.1) is 6.92 Å². The highest BCUT2D eigenvalue weighted by Gasteiger charge is 2.16. The summed E-state index contributed by atoms with van der Waals surface area (Å²) in [5.74, 6) is -1.00. The molecule has 0 aliphatic rings. The van der Waals surface area contributed by atoms with E-state index >= 15 is 0 Å². The first-order valence-electron chi connectivity index (χ1n) is 7.46. The van der Waals surface area contributed by atoms with Crippen molar-refractivity contribution in [3.63, 3.8) is 0 Å². The Labute approximate surface area is 146 Å². The van der Waals surface area contributed by atoms with Gasteiger partial charge in [0.15, 0.2) is 6.10 Å². The molecule has 0 radical (unpaired) electrons. The fourth-order valence-electron chi connectivity index (χ4n) is 1.92. The first kappa shape index (κ1) is 17.8. The van der Waals surface area contributed by atoms with Crippen LogP contribution in [-0.4, -0.2) is 18.0 Å². The SMILES string of the molecule is Cc1ccc(/C=C/C(=O)O[C@@H](C)C(=O)Nc2cccc(Cl)c2)cc1. The monoisotopic (exact) mass is 343 g/mol. The summed E-state index contributed by atoms with van der Waals surface area (Å²) in [5, 5.41) is 3.16. The quantitative estimate of drug-likeness (QED) is 0.652. The van der Waals surface area contributed by atoms with E-state index in [0.29, 0.717) is 10.7 Å². The molecule has 0 aromatic heterocycles. The smallest absolute Gasteiger partial charge is 0.331 e. The number of carbonyl (C=O) groups is 2. The lowest BCUT2D eigenvalue weighted by molar-refractivity contribution is -0.148. The lowest BCUT2D eigenvalue weighted by Gasteiger charge is -2.12. The molecule has 0 aliphatic heterocycles. The van der Waals surface area contributed by atoms with Crippen LogP contribution in [0.15, 0.2) is 54.6 Å². The number of nitrogens with one attached hydrogen (secondary N) is 1. The zero-order chi connectivity index (χ0) is 17.5. The fourth-order valence-corrected chi connectivity index (χ4v) is 2.11. The Bertz CT molecular complexity index is 753. The normalized spacial score (nSPS) is 12.0. The molecular formula is C19H18ClNO3. The minimum Gasteiger partial charge on any atom is -0.449 e. The molecule has 124 valence electrons. The summed E-state index contributed by atoms with van der Waals surface area (Å²) in [6.07, 6.45) is 2.02. The van der Waals surface area contributed by atoms with Gasteiger partial charge < -0.3 is 10.1 Å². The van der Waals surface area contributed by atoms with Crippen LogP contribution in [0.1, 0.15) is 18.1 Å². The molecule has 0 saturated carbocycles. The molecule has 0 unspecified atom stereocenters. The van der Waals surface area contributed by atoms with Crippen molar-refractivity contribution < 1.29 is 14.3 Å². The Balaban J connectivity index is 1.88. The molecule has 2 aromatic carbocycles. The van der Waals surface area contributed by atoms with Crippen LogP contribution >= 0.6 is 11.6 Å². The summed E-state index contributed by atoms with van der Waals surface area (Å²) in [6, 6.07) is 14.4. The van der Waals surface area contributed by atoms with Crippen molar-refractivity contribution in [2.24, 2.45) is 0 Å². The summed E-state index contributed by atoms with van der Waals surface area (Å²) in [5.41, 5.74) is 2.57. The zero-order valence-corrected chi connectivity index (χ0v) is 14.2. The van der Waals surface area contributed by atoms with E-state index in [9.17, 15) is 9.59 Å². The van der Waals surface area contributed by atoms with Crippen molar-refractivity contribution in [3.05, 3.63) is 70.8 Å². The summed E-state index contributed by atoms with van der Waals surface area (Å²) >= 11 is 5.86. The van der Waals surface area contributed by atoms with Gasteiger partial charge >= 0.3 is 5.97 Å². The third kappa shape index (κ3) is 5.56. The van der Waals surface area contributed by atoms with Crippen molar-refractivity contribution >= 4 is 35.2 Å². The molecule has 1 amide bonds. The molecular weight excluding hydrogens is 326 g/mol. The highest BCUT2D eigenvalue weighted by Crippen LogP contribution is 2.15. The number of anilines is 1. The maximum absolute atomic E-state index is 12.0. The molecule has 24 heavy (non-hydrogen) atoms. The summed E-state index contributed by atoms with van der Waals surface area (Å²) in [7, 11) is 0. The number of aryl methyl sites for hydroxylation is 1. The highest BCUT2D eigenvalue weighted by molar-refractivity contribution is 6.30. The van der Waals surface area contributed by atoms with E-state index in [1.807, 2.05) is 31.2 Å². The van der Waals surface area contributed by atoms with Crippen molar-refractivity contribution in [3.8, 4) is 0 Å². The maximum Gasteiger partial charge on any atom is 0.331 e.